The number of anilines is 1. The molecule has 1 N–H and O–H groups in total. The molecule has 0 saturated carbocycles. The number of carbonyl (C=O) groups is 1. The number of hydrogen-bond donors (Lipinski definition) is 1. The largest absolute Gasteiger partial charge is 0.350 e. The molecule has 0 aromatic carbocycles. The first kappa shape index (κ1) is 16.4. The number of aromatic nitrogens is 2. The zero-order valence-electron chi connectivity index (χ0n) is 13.2. The van der Waals surface area contributed by atoms with E-state index in [1.54, 1.807) is 12.4 Å². The van der Waals surface area contributed by atoms with Gasteiger partial charge in [-0.05, 0) is 33.6 Å². The summed E-state index contributed by atoms with van der Waals surface area (Å²) in [5.74, 6) is 0.558. The van der Waals surface area contributed by atoms with Crippen molar-refractivity contribution in [1.29, 1.82) is 0 Å². The van der Waals surface area contributed by atoms with Gasteiger partial charge in [0.2, 0.25) is 5.95 Å². The molecule has 1 amide bonds. The minimum absolute atomic E-state index is 0.0102. The van der Waals surface area contributed by atoms with Crippen LogP contribution in [0.4, 0.5) is 5.95 Å². The normalized spacial score (nSPS) is 11.2. The Morgan fingerprint density at radius 1 is 1.15 bits per heavy atom. The van der Waals surface area contributed by atoms with Gasteiger partial charge in [0.15, 0.2) is 0 Å². The number of nitrogens with zero attached hydrogens (tertiary/aromatic N) is 3. The van der Waals surface area contributed by atoms with Crippen molar-refractivity contribution in [1.82, 2.24) is 14.9 Å². The Morgan fingerprint density at radius 3 is 2.05 bits per heavy atom. The number of nitrogens with one attached hydrogen (secondary N) is 1. The highest BCUT2D eigenvalue weighted by molar-refractivity contribution is 5.93. The van der Waals surface area contributed by atoms with E-state index < -0.39 is 0 Å². The van der Waals surface area contributed by atoms with Crippen LogP contribution in [-0.2, 0) is 0 Å². The summed E-state index contributed by atoms with van der Waals surface area (Å²) < 4.78 is 0. The Bertz CT molecular complexity index is 416. The van der Waals surface area contributed by atoms with E-state index >= 15 is 0 Å². The van der Waals surface area contributed by atoms with Gasteiger partial charge in [0.1, 0.15) is 0 Å². The maximum absolute atomic E-state index is 12.3. The Labute approximate surface area is 121 Å². The molecule has 5 heteroatoms. The molecule has 0 aliphatic heterocycles. The van der Waals surface area contributed by atoms with Crippen LogP contribution in [0.2, 0.25) is 0 Å². The monoisotopic (exact) mass is 278 g/mol. The van der Waals surface area contributed by atoms with Gasteiger partial charge >= 0.3 is 0 Å². The minimum Gasteiger partial charge on any atom is -0.350 e. The summed E-state index contributed by atoms with van der Waals surface area (Å²) in [6.45, 7) is 11.8. The van der Waals surface area contributed by atoms with E-state index in [1.807, 2.05) is 25.7 Å². The number of hydrogen-bond acceptors (Lipinski definition) is 4. The molecule has 0 aliphatic rings. The zero-order valence-corrected chi connectivity index (χ0v) is 13.2. The molecule has 0 unspecified atom stereocenters. The molecule has 1 aromatic heterocycles. The third kappa shape index (κ3) is 5.15. The summed E-state index contributed by atoms with van der Waals surface area (Å²) in [5.41, 5.74) is 0.452. The summed E-state index contributed by atoms with van der Waals surface area (Å²) in [4.78, 5) is 22.6. The van der Waals surface area contributed by atoms with Crippen LogP contribution in [0.5, 0.6) is 0 Å². The van der Waals surface area contributed by atoms with Gasteiger partial charge in [-0.1, -0.05) is 13.8 Å². The predicted molar refractivity (Wildman–Crippen MR) is 81.9 cm³/mol. The molecule has 112 valence electrons. The van der Waals surface area contributed by atoms with Crippen LogP contribution in [0.1, 0.15) is 57.8 Å². The van der Waals surface area contributed by atoms with E-state index in [1.165, 1.54) is 0 Å². The fourth-order valence-electron chi connectivity index (χ4n) is 1.88. The van der Waals surface area contributed by atoms with Crippen LogP contribution in [-0.4, -0.2) is 39.4 Å². The van der Waals surface area contributed by atoms with Crippen LogP contribution in [0, 0.1) is 0 Å². The van der Waals surface area contributed by atoms with Crippen molar-refractivity contribution < 1.29 is 4.79 Å². The molecule has 0 aliphatic carbocycles. The van der Waals surface area contributed by atoms with Crippen molar-refractivity contribution in [3.63, 3.8) is 0 Å². The molecular formula is C15H26N4O. The molecule has 0 bridgehead atoms. The van der Waals surface area contributed by atoms with Crippen LogP contribution in [0.15, 0.2) is 12.4 Å². The summed E-state index contributed by atoms with van der Waals surface area (Å²) >= 11 is 0. The highest BCUT2D eigenvalue weighted by Gasteiger charge is 2.16. The van der Waals surface area contributed by atoms with E-state index in [0.717, 1.165) is 25.9 Å². The first-order chi connectivity index (χ1) is 9.37. The van der Waals surface area contributed by atoms with Crippen molar-refractivity contribution in [3.05, 3.63) is 18.0 Å². The number of carbonyl (C=O) groups excluding carboxylic acids is 1. The van der Waals surface area contributed by atoms with Crippen LogP contribution < -0.4 is 5.32 Å². The van der Waals surface area contributed by atoms with Gasteiger partial charge < -0.3 is 10.2 Å². The second kappa shape index (κ2) is 7.22. The lowest BCUT2D eigenvalue weighted by Gasteiger charge is -2.22. The molecule has 0 radical (unpaired) electrons. The molecular weight excluding hydrogens is 252 g/mol. The van der Waals surface area contributed by atoms with E-state index in [2.05, 4.69) is 29.1 Å². The van der Waals surface area contributed by atoms with Gasteiger partial charge in [0.05, 0.1) is 5.56 Å². The van der Waals surface area contributed by atoms with Gasteiger partial charge in [0.25, 0.3) is 5.91 Å². The fraction of sp³-hybridized carbons (Fsp3) is 0.667. The quantitative estimate of drug-likeness (QED) is 0.869. The van der Waals surface area contributed by atoms with E-state index in [0.29, 0.717) is 11.5 Å². The average Bonchev–Trinajstić information content (AvgIpc) is 2.37. The highest BCUT2D eigenvalue weighted by Crippen LogP contribution is 2.10. The van der Waals surface area contributed by atoms with Gasteiger partial charge in [-0.15, -0.1) is 0 Å². The van der Waals surface area contributed by atoms with E-state index in [-0.39, 0.29) is 11.4 Å². The van der Waals surface area contributed by atoms with Crippen molar-refractivity contribution in [2.24, 2.45) is 0 Å². The molecule has 0 spiro atoms. The molecule has 20 heavy (non-hydrogen) atoms. The smallest absolute Gasteiger partial charge is 0.256 e. The maximum Gasteiger partial charge on any atom is 0.256 e. The van der Waals surface area contributed by atoms with Crippen molar-refractivity contribution in [3.8, 4) is 0 Å². The van der Waals surface area contributed by atoms with Crippen molar-refractivity contribution >= 4 is 11.9 Å². The summed E-state index contributed by atoms with van der Waals surface area (Å²) in [6.07, 6.45) is 5.11. The van der Waals surface area contributed by atoms with Gasteiger partial charge in [-0.2, -0.15) is 0 Å². The second-order valence-corrected chi connectivity index (χ2v) is 5.96. The Balaban J connectivity index is 2.78. The third-order valence-electron chi connectivity index (χ3n) is 2.66. The molecule has 0 atom stereocenters. The molecule has 1 heterocycles. The Morgan fingerprint density at radius 2 is 1.65 bits per heavy atom. The molecule has 1 rings (SSSR count). The van der Waals surface area contributed by atoms with Crippen molar-refractivity contribution in [2.75, 3.05) is 18.4 Å². The van der Waals surface area contributed by atoms with Crippen molar-refractivity contribution in [2.45, 2.75) is 53.0 Å². The zero-order chi connectivity index (χ0) is 15.2. The molecule has 1 aromatic rings. The summed E-state index contributed by atoms with van der Waals surface area (Å²) in [7, 11) is 0. The maximum atomic E-state index is 12.3. The standard InChI is InChI=1S/C15H26N4O/c1-6-8-19(9-7-2)13(20)12-10-16-14(17-11-12)18-15(3,4)5/h10-11H,6-9H2,1-5H3,(H,16,17,18). The second-order valence-electron chi connectivity index (χ2n) is 5.96. The Hall–Kier alpha value is -1.65. The lowest BCUT2D eigenvalue weighted by Crippen LogP contribution is -2.33. The van der Waals surface area contributed by atoms with E-state index in [9.17, 15) is 4.79 Å². The summed E-state index contributed by atoms with van der Waals surface area (Å²) in [6, 6.07) is 0. The van der Waals surface area contributed by atoms with Crippen LogP contribution in [0.3, 0.4) is 0 Å². The molecule has 5 nitrogen and oxygen atoms in total. The molecule has 0 saturated heterocycles. The highest BCUT2D eigenvalue weighted by atomic mass is 16.2. The first-order valence-electron chi connectivity index (χ1n) is 7.27. The van der Waals surface area contributed by atoms with Gasteiger partial charge in [-0.25, -0.2) is 9.97 Å². The Kier molecular flexibility index (Phi) is 5.92. The third-order valence-corrected chi connectivity index (χ3v) is 2.66. The SMILES string of the molecule is CCCN(CCC)C(=O)c1cnc(NC(C)(C)C)nc1. The van der Waals surface area contributed by atoms with E-state index in [4.69, 9.17) is 0 Å². The number of rotatable bonds is 6. The fourth-order valence-corrected chi connectivity index (χ4v) is 1.88. The van der Waals surface area contributed by atoms with Gasteiger partial charge in [0, 0.05) is 31.0 Å². The topological polar surface area (TPSA) is 58.1 Å². The first-order valence-corrected chi connectivity index (χ1v) is 7.27. The lowest BCUT2D eigenvalue weighted by atomic mass is 10.1. The summed E-state index contributed by atoms with van der Waals surface area (Å²) in [5, 5.41) is 3.18. The minimum atomic E-state index is -0.0953. The van der Waals surface area contributed by atoms with Crippen LogP contribution in [0.25, 0.3) is 0 Å². The predicted octanol–water partition coefficient (Wildman–Crippen LogP) is 2.95. The molecule has 0 fully saturated rings. The van der Waals surface area contributed by atoms with Crippen LogP contribution >= 0.6 is 0 Å². The van der Waals surface area contributed by atoms with Gasteiger partial charge in [-0.3, -0.25) is 4.79 Å². The average molecular weight is 278 g/mol. The lowest BCUT2D eigenvalue weighted by molar-refractivity contribution is 0.0755. The number of amides is 1.